The number of nitrogens with one attached hydrogen (secondary N) is 1. The van der Waals surface area contributed by atoms with Crippen molar-refractivity contribution < 1.29 is 9.36 Å². The molecular formula is C29H35N3+2. The third-order valence-corrected chi connectivity index (χ3v) is 6.37. The van der Waals surface area contributed by atoms with Gasteiger partial charge in [-0.05, 0) is 107 Å². The Hall–Kier alpha value is -3.20. The normalized spacial score (nSPS) is 11.3. The van der Waals surface area contributed by atoms with Crippen molar-refractivity contribution in [3.8, 4) is 22.6 Å². The van der Waals surface area contributed by atoms with Crippen LogP contribution in [0.2, 0.25) is 0 Å². The summed E-state index contributed by atoms with van der Waals surface area (Å²) >= 11 is 0. The predicted molar refractivity (Wildman–Crippen MR) is 132 cm³/mol. The number of aromatic amines is 1. The molecule has 0 unspecified atom stereocenters. The lowest BCUT2D eigenvalue weighted by atomic mass is 9.97. The molecule has 0 aliphatic rings. The van der Waals surface area contributed by atoms with Gasteiger partial charge in [0.05, 0.1) is 5.56 Å². The summed E-state index contributed by atoms with van der Waals surface area (Å²) in [6.07, 6.45) is 2.26. The van der Waals surface area contributed by atoms with Crippen LogP contribution < -0.4 is 9.36 Å². The summed E-state index contributed by atoms with van der Waals surface area (Å²) in [6, 6.07) is 13.6. The highest BCUT2D eigenvalue weighted by Crippen LogP contribution is 2.28. The van der Waals surface area contributed by atoms with Gasteiger partial charge in [-0.2, -0.15) is 0 Å². The fourth-order valence-electron chi connectivity index (χ4n) is 5.49. The number of rotatable bonds is 3. The molecule has 0 amide bonds. The van der Waals surface area contributed by atoms with E-state index in [1.165, 1.54) is 72.7 Å². The summed E-state index contributed by atoms with van der Waals surface area (Å²) in [5.74, 6) is 0. The van der Waals surface area contributed by atoms with Crippen LogP contribution in [0, 0.1) is 62.3 Å². The van der Waals surface area contributed by atoms with Crippen molar-refractivity contribution in [2.24, 2.45) is 0 Å². The van der Waals surface area contributed by atoms with Crippen molar-refractivity contribution in [1.29, 1.82) is 0 Å². The Kier molecular flexibility index (Phi) is 5.54. The Balaban J connectivity index is 2.09. The first kappa shape index (κ1) is 22.0. The SMILES string of the molecule is Cc1cc(C)c(-c2c[n+](-c3c(C)cc(C)cc3C)[nH][n+]2-c2c(C)cc(C)cc2C)c(C)c1. The maximum Gasteiger partial charge on any atom is 0.315 e. The fourth-order valence-corrected chi connectivity index (χ4v) is 5.49. The van der Waals surface area contributed by atoms with E-state index in [9.17, 15) is 0 Å². The Morgan fingerprint density at radius 3 is 1.31 bits per heavy atom. The maximum atomic E-state index is 3.72. The third-order valence-electron chi connectivity index (χ3n) is 6.37. The van der Waals surface area contributed by atoms with Gasteiger partial charge in [-0.1, -0.05) is 28.8 Å². The average Bonchev–Trinajstić information content (AvgIpc) is 3.03. The van der Waals surface area contributed by atoms with Crippen molar-refractivity contribution >= 4 is 0 Å². The summed E-state index contributed by atoms with van der Waals surface area (Å²) in [5.41, 5.74) is 16.4. The van der Waals surface area contributed by atoms with Gasteiger partial charge in [0.1, 0.15) is 0 Å². The maximum absolute atomic E-state index is 3.72. The van der Waals surface area contributed by atoms with Gasteiger partial charge in [0, 0.05) is 27.5 Å². The van der Waals surface area contributed by atoms with Crippen LogP contribution >= 0.6 is 0 Å². The molecule has 32 heavy (non-hydrogen) atoms. The zero-order valence-electron chi connectivity index (χ0n) is 20.9. The molecule has 164 valence electrons. The van der Waals surface area contributed by atoms with Gasteiger partial charge in [-0.3, -0.25) is 0 Å². The van der Waals surface area contributed by atoms with Gasteiger partial charge in [-0.15, -0.1) is 0 Å². The molecule has 3 heteroatoms. The van der Waals surface area contributed by atoms with E-state index in [1.807, 2.05) is 0 Å². The fraction of sp³-hybridized carbons (Fsp3) is 0.310. The van der Waals surface area contributed by atoms with Gasteiger partial charge in [-0.25, -0.2) is 0 Å². The Bertz CT molecular complexity index is 1210. The monoisotopic (exact) mass is 425 g/mol. The van der Waals surface area contributed by atoms with E-state index in [1.54, 1.807) is 0 Å². The highest BCUT2D eigenvalue weighted by Gasteiger charge is 2.33. The minimum absolute atomic E-state index is 1.18. The molecule has 1 heterocycles. The second-order valence-electron chi connectivity index (χ2n) is 9.59. The van der Waals surface area contributed by atoms with Gasteiger partial charge >= 0.3 is 5.69 Å². The molecule has 4 rings (SSSR count). The summed E-state index contributed by atoms with van der Waals surface area (Å²) in [5, 5.41) is 3.72. The third kappa shape index (κ3) is 3.77. The topological polar surface area (TPSA) is 23.5 Å². The number of hydrogen-bond acceptors (Lipinski definition) is 0. The molecule has 3 aromatic carbocycles. The second-order valence-corrected chi connectivity index (χ2v) is 9.59. The average molecular weight is 426 g/mol. The first-order valence-electron chi connectivity index (χ1n) is 11.4. The van der Waals surface area contributed by atoms with E-state index in [4.69, 9.17) is 0 Å². The number of hydrogen-bond donors (Lipinski definition) is 1. The van der Waals surface area contributed by atoms with Gasteiger partial charge in [0.2, 0.25) is 11.4 Å². The van der Waals surface area contributed by atoms with Crippen molar-refractivity contribution in [2.75, 3.05) is 0 Å². The van der Waals surface area contributed by atoms with Crippen LogP contribution in [0.3, 0.4) is 0 Å². The molecule has 1 N–H and O–H groups in total. The molecule has 0 saturated carbocycles. The summed E-state index contributed by atoms with van der Waals surface area (Å²) in [6.45, 7) is 19.7. The van der Waals surface area contributed by atoms with E-state index in [0.29, 0.717) is 0 Å². The molecule has 0 spiro atoms. The van der Waals surface area contributed by atoms with Crippen LogP contribution in [-0.2, 0) is 0 Å². The van der Waals surface area contributed by atoms with Crippen LogP contribution in [0.15, 0.2) is 42.6 Å². The van der Waals surface area contributed by atoms with Crippen LogP contribution in [0.1, 0.15) is 50.1 Å². The molecule has 0 radical (unpaired) electrons. The highest BCUT2D eigenvalue weighted by atomic mass is 15.5. The van der Waals surface area contributed by atoms with E-state index in [2.05, 4.69) is 119 Å². The van der Waals surface area contributed by atoms with Gasteiger partial charge < -0.3 is 0 Å². The molecule has 1 aromatic heterocycles. The molecular weight excluding hydrogens is 390 g/mol. The second kappa shape index (κ2) is 8.05. The van der Waals surface area contributed by atoms with E-state index in [0.717, 1.165) is 0 Å². The first-order valence-corrected chi connectivity index (χ1v) is 11.4. The minimum atomic E-state index is 1.18. The lowest BCUT2D eigenvalue weighted by Crippen LogP contribution is -2.45. The summed E-state index contributed by atoms with van der Waals surface area (Å²) < 4.78 is 4.46. The van der Waals surface area contributed by atoms with Crippen LogP contribution in [-0.4, -0.2) is 5.21 Å². The molecule has 4 aromatic rings. The van der Waals surface area contributed by atoms with E-state index < -0.39 is 0 Å². The van der Waals surface area contributed by atoms with Crippen molar-refractivity contribution in [3.63, 3.8) is 0 Å². The van der Waals surface area contributed by atoms with E-state index in [-0.39, 0.29) is 0 Å². The lowest BCUT2D eigenvalue weighted by Gasteiger charge is -2.08. The standard InChI is InChI=1S/C29H34N3/c1-17-10-20(4)27(21(5)11-17)26-16-31(28-22(6)12-18(2)13-23(28)7)30-32(26)29-24(8)14-19(3)15-25(29)9/h10-16H,1-9H3/q+1/p+1. The predicted octanol–water partition coefficient (Wildman–Crippen LogP) is 6.01. The largest absolute Gasteiger partial charge is 0.315 e. The Morgan fingerprint density at radius 1 is 0.500 bits per heavy atom. The van der Waals surface area contributed by atoms with Crippen LogP contribution in [0.4, 0.5) is 0 Å². The van der Waals surface area contributed by atoms with Crippen molar-refractivity contribution in [2.45, 2.75) is 62.3 Å². The molecule has 3 nitrogen and oxygen atoms in total. The number of benzene rings is 3. The zero-order chi connectivity index (χ0) is 23.3. The molecule has 0 aliphatic heterocycles. The quantitative estimate of drug-likeness (QED) is 0.389. The molecule has 0 saturated heterocycles. The van der Waals surface area contributed by atoms with Crippen LogP contribution in [0.25, 0.3) is 22.6 Å². The number of H-pyrrole nitrogens is 1. The molecule has 0 fully saturated rings. The number of nitrogens with zero attached hydrogens (tertiary/aromatic N) is 2. The summed E-state index contributed by atoms with van der Waals surface area (Å²) in [4.78, 5) is 0. The lowest BCUT2D eigenvalue weighted by molar-refractivity contribution is -0.802. The van der Waals surface area contributed by atoms with Crippen molar-refractivity contribution in [1.82, 2.24) is 5.21 Å². The molecule has 0 bridgehead atoms. The first-order chi connectivity index (χ1) is 15.1. The molecule has 0 aliphatic carbocycles. The zero-order valence-corrected chi connectivity index (χ0v) is 20.9. The van der Waals surface area contributed by atoms with Crippen molar-refractivity contribution in [3.05, 3.63) is 92.7 Å². The van der Waals surface area contributed by atoms with Gasteiger partial charge in [0.25, 0.3) is 6.20 Å². The Morgan fingerprint density at radius 2 is 0.875 bits per heavy atom. The Labute approximate surface area is 192 Å². The minimum Gasteiger partial charge on any atom is -0.0555 e. The number of aryl methyl sites for hydroxylation is 9. The van der Waals surface area contributed by atoms with E-state index >= 15 is 0 Å². The summed E-state index contributed by atoms with van der Waals surface area (Å²) in [7, 11) is 0. The molecule has 0 atom stereocenters. The van der Waals surface area contributed by atoms with Gasteiger partial charge in [0.15, 0.2) is 0 Å². The smallest absolute Gasteiger partial charge is 0.0555 e. The van der Waals surface area contributed by atoms with Crippen LogP contribution in [0.5, 0.6) is 0 Å². The number of aromatic nitrogens is 3. The highest BCUT2D eigenvalue weighted by molar-refractivity contribution is 5.66.